The lowest BCUT2D eigenvalue weighted by molar-refractivity contribution is 0.320. The molecule has 2 rings (SSSR count). The van der Waals surface area contributed by atoms with E-state index in [-0.39, 0.29) is 0 Å². The van der Waals surface area contributed by atoms with Gasteiger partial charge in [-0.2, -0.15) is 0 Å². The molecule has 0 bridgehead atoms. The van der Waals surface area contributed by atoms with Gasteiger partial charge in [0.1, 0.15) is 5.01 Å². The topological polar surface area (TPSA) is 16.1 Å². The lowest BCUT2D eigenvalue weighted by Crippen LogP contribution is -2.16. The molecular formula is C11H13BrN2S. The van der Waals surface area contributed by atoms with Gasteiger partial charge in [-0.05, 0) is 39.2 Å². The third-order valence-electron chi connectivity index (χ3n) is 2.50. The Labute approximate surface area is 102 Å². The molecule has 0 amide bonds. The van der Waals surface area contributed by atoms with Crippen LogP contribution in [0.1, 0.15) is 18.0 Å². The number of aromatic nitrogens is 1. The fraction of sp³-hybridized carbons (Fsp3) is 0.364. The molecule has 0 saturated carbocycles. The number of halogens is 1. The molecule has 4 heteroatoms. The molecule has 0 fully saturated rings. The van der Waals surface area contributed by atoms with Crippen molar-refractivity contribution in [1.82, 2.24) is 9.88 Å². The van der Waals surface area contributed by atoms with Crippen LogP contribution in [-0.2, 0) is 0 Å². The predicted molar refractivity (Wildman–Crippen MR) is 69.4 cm³/mol. The Kier molecular flexibility index (Phi) is 3.09. The predicted octanol–water partition coefficient (Wildman–Crippen LogP) is 3.68. The number of nitrogens with zero attached hydrogens (tertiary/aromatic N) is 2. The van der Waals surface area contributed by atoms with Gasteiger partial charge in [0.05, 0.1) is 16.3 Å². The van der Waals surface area contributed by atoms with Crippen molar-refractivity contribution >= 4 is 37.5 Å². The van der Waals surface area contributed by atoms with Crippen molar-refractivity contribution in [3.63, 3.8) is 0 Å². The molecular weight excluding hydrogens is 272 g/mol. The largest absolute Gasteiger partial charge is 0.300 e. The monoisotopic (exact) mass is 284 g/mol. The maximum absolute atomic E-state index is 4.64. The van der Waals surface area contributed by atoms with Gasteiger partial charge < -0.3 is 4.90 Å². The summed E-state index contributed by atoms with van der Waals surface area (Å²) in [6.45, 7) is 2.17. The van der Waals surface area contributed by atoms with Crippen LogP contribution in [0.5, 0.6) is 0 Å². The normalized spacial score (nSPS) is 13.7. The highest BCUT2D eigenvalue weighted by atomic mass is 79.9. The van der Waals surface area contributed by atoms with E-state index in [4.69, 9.17) is 0 Å². The van der Waals surface area contributed by atoms with Gasteiger partial charge in [0, 0.05) is 4.47 Å². The van der Waals surface area contributed by atoms with Crippen LogP contribution in [0.25, 0.3) is 10.2 Å². The van der Waals surface area contributed by atoms with Gasteiger partial charge in [-0.25, -0.2) is 4.98 Å². The Morgan fingerprint density at radius 1 is 1.40 bits per heavy atom. The molecule has 0 aliphatic carbocycles. The number of thiazole rings is 1. The molecule has 0 spiro atoms. The number of rotatable bonds is 2. The summed E-state index contributed by atoms with van der Waals surface area (Å²) in [5.74, 6) is 0. The fourth-order valence-electron chi connectivity index (χ4n) is 1.32. The van der Waals surface area contributed by atoms with Crippen molar-refractivity contribution in [3.8, 4) is 0 Å². The van der Waals surface area contributed by atoms with Crippen LogP contribution >= 0.6 is 27.3 Å². The molecule has 1 aromatic carbocycles. The molecule has 2 nitrogen and oxygen atoms in total. The molecule has 1 atom stereocenters. The maximum atomic E-state index is 4.64. The fourth-order valence-corrected chi connectivity index (χ4v) is 2.76. The van der Waals surface area contributed by atoms with Gasteiger partial charge in [-0.3, -0.25) is 0 Å². The molecule has 0 aliphatic heterocycles. The van der Waals surface area contributed by atoms with Gasteiger partial charge in [0.15, 0.2) is 0 Å². The summed E-state index contributed by atoms with van der Waals surface area (Å²) in [7, 11) is 4.15. The molecule has 0 saturated heterocycles. The van der Waals surface area contributed by atoms with E-state index in [1.807, 2.05) is 0 Å². The first-order chi connectivity index (χ1) is 7.08. The molecule has 1 unspecified atom stereocenters. The summed E-state index contributed by atoms with van der Waals surface area (Å²) < 4.78 is 2.34. The lowest BCUT2D eigenvalue weighted by atomic mass is 10.3. The average molecular weight is 285 g/mol. The second-order valence-electron chi connectivity index (χ2n) is 3.80. The molecule has 0 aliphatic rings. The Hall–Kier alpha value is -0.450. The minimum Gasteiger partial charge on any atom is -0.300 e. The SMILES string of the molecule is CC(c1nc2cc(Br)ccc2s1)N(C)C. The molecule has 80 valence electrons. The first kappa shape index (κ1) is 11.0. The van der Waals surface area contributed by atoms with Gasteiger partial charge in [0.2, 0.25) is 0 Å². The number of hydrogen-bond acceptors (Lipinski definition) is 3. The van der Waals surface area contributed by atoms with E-state index in [0.29, 0.717) is 6.04 Å². The van der Waals surface area contributed by atoms with Crippen molar-refractivity contribution in [2.75, 3.05) is 14.1 Å². The van der Waals surface area contributed by atoms with E-state index in [2.05, 4.69) is 65.0 Å². The van der Waals surface area contributed by atoms with Crippen molar-refractivity contribution in [2.24, 2.45) is 0 Å². The Bertz CT molecular complexity index is 478. The van der Waals surface area contributed by atoms with E-state index < -0.39 is 0 Å². The number of benzene rings is 1. The number of fused-ring (bicyclic) bond motifs is 1. The van der Waals surface area contributed by atoms with Crippen LogP contribution in [-0.4, -0.2) is 24.0 Å². The Balaban J connectivity index is 2.47. The van der Waals surface area contributed by atoms with Crippen LogP contribution in [0, 0.1) is 0 Å². The minimum atomic E-state index is 0.376. The Morgan fingerprint density at radius 3 is 2.80 bits per heavy atom. The zero-order valence-electron chi connectivity index (χ0n) is 8.99. The van der Waals surface area contributed by atoms with Crippen LogP contribution in [0.2, 0.25) is 0 Å². The molecule has 1 heterocycles. The van der Waals surface area contributed by atoms with Gasteiger partial charge in [0.25, 0.3) is 0 Å². The molecule has 1 aromatic heterocycles. The molecule has 0 radical (unpaired) electrons. The Morgan fingerprint density at radius 2 is 2.13 bits per heavy atom. The maximum Gasteiger partial charge on any atom is 0.111 e. The summed E-state index contributed by atoms with van der Waals surface area (Å²) in [5.41, 5.74) is 1.08. The van der Waals surface area contributed by atoms with E-state index in [1.54, 1.807) is 11.3 Å². The summed E-state index contributed by atoms with van der Waals surface area (Å²) in [4.78, 5) is 6.81. The first-order valence-corrected chi connectivity index (χ1v) is 6.41. The van der Waals surface area contributed by atoms with Crippen LogP contribution < -0.4 is 0 Å². The highest BCUT2D eigenvalue weighted by molar-refractivity contribution is 9.10. The summed E-state index contributed by atoms with van der Waals surface area (Å²) >= 11 is 5.23. The van der Waals surface area contributed by atoms with E-state index in [9.17, 15) is 0 Å². The zero-order valence-corrected chi connectivity index (χ0v) is 11.4. The summed E-state index contributed by atoms with van der Waals surface area (Å²) in [6.07, 6.45) is 0. The standard InChI is InChI=1S/C11H13BrN2S/c1-7(14(2)3)11-13-9-6-8(12)4-5-10(9)15-11/h4-7H,1-3H3. The average Bonchev–Trinajstić information content (AvgIpc) is 2.58. The zero-order chi connectivity index (χ0) is 11.0. The number of hydrogen-bond donors (Lipinski definition) is 0. The van der Waals surface area contributed by atoms with Crippen LogP contribution in [0.15, 0.2) is 22.7 Å². The third-order valence-corrected chi connectivity index (χ3v) is 4.20. The van der Waals surface area contributed by atoms with E-state index in [1.165, 1.54) is 9.71 Å². The summed E-state index contributed by atoms with van der Waals surface area (Å²) in [6, 6.07) is 6.62. The molecule has 15 heavy (non-hydrogen) atoms. The molecule has 0 N–H and O–H groups in total. The van der Waals surface area contributed by atoms with Gasteiger partial charge in [-0.15, -0.1) is 11.3 Å². The van der Waals surface area contributed by atoms with Crippen molar-refractivity contribution in [1.29, 1.82) is 0 Å². The summed E-state index contributed by atoms with van der Waals surface area (Å²) in [5, 5.41) is 1.17. The molecule has 2 aromatic rings. The van der Waals surface area contributed by atoms with Crippen molar-refractivity contribution < 1.29 is 0 Å². The quantitative estimate of drug-likeness (QED) is 0.836. The smallest absolute Gasteiger partial charge is 0.111 e. The lowest BCUT2D eigenvalue weighted by Gasteiger charge is -2.16. The van der Waals surface area contributed by atoms with E-state index in [0.717, 1.165) is 9.99 Å². The van der Waals surface area contributed by atoms with Gasteiger partial charge in [-0.1, -0.05) is 15.9 Å². The van der Waals surface area contributed by atoms with Crippen molar-refractivity contribution in [2.45, 2.75) is 13.0 Å². The minimum absolute atomic E-state index is 0.376. The highest BCUT2D eigenvalue weighted by Gasteiger charge is 2.13. The first-order valence-electron chi connectivity index (χ1n) is 4.80. The second-order valence-corrected chi connectivity index (χ2v) is 5.78. The highest BCUT2D eigenvalue weighted by Crippen LogP contribution is 2.29. The van der Waals surface area contributed by atoms with Crippen LogP contribution in [0.4, 0.5) is 0 Å². The van der Waals surface area contributed by atoms with Gasteiger partial charge >= 0.3 is 0 Å². The van der Waals surface area contributed by atoms with Crippen molar-refractivity contribution in [3.05, 3.63) is 27.7 Å². The second kappa shape index (κ2) is 4.20. The van der Waals surface area contributed by atoms with E-state index >= 15 is 0 Å². The third kappa shape index (κ3) is 2.22. The van der Waals surface area contributed by atoms with Crippen LogP contribution in [0.3, 0.4) is 0 Å².